The van der Waals surface area contributed by atoms with Gasteiger partial charge in [0.05, 0.1) is 5.56 Å². The number of carbonyl (C=O) groups is 1. The first-order valence-electron chi connectivity index (χ1n) is 7.31. The van der Waals surface area contributed by atoms with Crippen molar-refractivity contribution in [1.82, 2.24) is 5.32 Å². The van der Waals surface area contributed by atoms with Gasteiger partial charge in [0.1, 0.15) is 5.75 Å². The number of hydrogen-bond donors (Lipinski definition) is 2. The first-order valence-corrected chi connectivity index (χ1v) is 7.31. The predicted octanol–water partition coefficient (Wildman–Crippen LogP) is 3.96. The van der Waals surface area contributed by atoms with E-state index in [9.17, 15) is 9.90 Å². The number of benzene rings is 2. The number of amides is 1. The summed E-state index contributed by atoms with van der Waals surface area (Å²) >= 11 is 0. The molecule has 0 aliphatic heterocycles. The van der Waals surface area contributed by atoms with Crippen LogP contribution in [0.3, 0.4) is 0 Å². The van der Waals surface area contributed by atoms with Crippen molar-refractivity contribution in [1.29, 1.82) is 0 Å². The lowest BCUT2D eigenvalue weighted by Gasteiger charge is -2.29. The van der Waals surface area contributed by atoms with Gasteiger partial charge in [-0.1, -0.05) is 52.0 Å². The van der Waals surface area contributed by atoms with Gasteiger partial charge < -0.3 is 10.4 Å². The van der Waals surface area contributed by atoms with E-state index >= 15 is 0 Å². The summed E-state index contributed by atoms with van der Waals surface area (Å²) < 4.78 is 0. The van der Waals surface area contributed by atoms with E-state index in [1.165, 1.54) is 0 Å². The third kappa shape index (κ3) is 3.35. The van der Waals surface area contributed by atoms with Crippen molar-refractivity contribution < 1.29 is 9.90 Å². The third-order valence-corrected chi connectivity index (χ3v) is 4.38. The molecule has 21 heavy (non-hydrogen) atoms. The van der Waals surface area contributed by atoms with Crippen LogP contribution in [-0.4, -0.2) is 17.6 Å². The normalized spacial score (nSPS) is 11.9. The summed E-state index contributed by atoms with van der Waals surface area (Å²) in [4.78, 5) is 12.3. The molecule has 0 saturated heterocycles. The molecular formula is C18H23NO2. The summed E-state index contributed by atoms with van der Waals surface area (Å²) in [5.41, 5.74) is 0.343. The Kier molecular flexibility index (Phi) is 4.21. The largest absolute Gasteiger partial charge is 0.507 e. The zero-order valence-corrected chi connectivity index (χ0v) is 13.1. The molecule has 0 saturated carbocycles. The van der Waals surface area contributed by atoms with E-state index in [1.54, 1.807) is 12.1 Å². The Labute approximate surface area is 126 Å². The molecule has 0 aromatic heterocycles. The molecule has 0 fully saturated rings. The van der Waals surface area contributed by atoms with Crippen LogP contribution in [0.15, 0.2) is 36.4 Å². The molecular weight excluding hydrogens is 262 g/mol. The van der Waals surface area contributed by atoms with Crippen molar-refractivity contribution in [2.24, 2.45) is 11.3 Å². The second kappa shape index (κ2) is 5.76. The number of phenols is 1. The lowest BCUT2D eigenvalue weighted by Crippen LogP contribution is -2.37. The highest BCUT2D eigenvalue weighted by atomic mass is 16.3. The number of phenolic OH excluding ortho intramolecular Hbond substituents is 1. The first-order chi connectivity index (χ1) is 9.81. The van der Waals surface area contributed by atoms with Crippen LogP contribution >= 0.6 is 0 Å². The zero-order chi connectivity index (χ0) is 15.6. The molecule has 0 unspecified atom stereocenters. The van der Waals surface area contributed by atoms with E-state index in [2.05, 4.69) is 33.0 Å². The summed E-state index contributed by atoms with van der Waals surface area (Å²) in [6.45, 7) is 9.10. The highest BCUT2D eigenvalue weighted by Gasteiger charge is 2.23. The van der Waals surface area contributed by atoms with Crippen LogP contribution in [0.4, 0.5) is 0 Å². The van der Waals surface area contributed by atoms with E-state index in [0.29, 0.717) is 18.0 Å². The summed E-state index contributed by atoms with van der Waals surface area (Å²) in [5.74, 6) is 0.253. The molecule has 0 aliphatic carbocycles. The van der Waals surface area contributed by atoms with E-state index in [1.807, 2.05) is 24.3 Å². The van der Waals surface area contributed by atoms with E-state index < -0.39 is 0 Å². The van der Waals surface area contributed by atoms with Crippen LogP contribution in [0.5, 0.6) is 5.75 Å². The molecule has 2 aromatic carbocycles. The molecule has 2 rings (SSSR count). The molecule has 2 N–H and O–H groups in total. The summed E-state index contributed by atoms with van der Waals surface area (Å²) in [5, 5.41) is 14.9. The van der Waals surface area contributed by atoms with Crippen molar-refractivity contribution >= 4 is 16.7 Å². The van der Waals surface area contributed by atoms with Gasteiger partial charge in [-0.2, -0.15) is 0 Å². The quantitative estimate of drug-likeness (QED) is 0.893. The lowest BCUT2D eigenvalue weighted by molar-refractivity contribution is 0.0922. The van der Waals surface area contributed by atoms with Crippen molar-refractivity contribution in [3.05, 3.63) is 42.0 Å². The van der Waals surface area contributed by atoms with Crippen LogP contribution in [0, 0.1) is 11.3 Å². The Morgan fingerprint density at radius 2 is 1.76 bits per heavy atom. The Hall–Kier alpha value is -2.03. The van der Waals surface area contributed by atoms with Gasteiger partial charge in [-0.3, -0.25) is 4.79 Å². The van der Waals surface area contributed by atoms with Crippen LogP contribution in [0.2, 0.25) is 0 Å². The highest BCUT2D eigenvalue weighted by Crippen LogP contribution is 2.27. The van der Waals surface area contributed by atoms with Gasteiger partial charge in [-0.25, -0.2) is 0 Å². The standard InChI is InChI=1S/C18H23NO2/c1-12(2)18(3,4)11-19-17(21)15-9-13-7-5-6-8-14(13)10-16(15)20/h5-10,12,20H,11H2,1-4H3,(H,19,21). The fraction of sp³-hybridized carbons (Fsp3) is 0.389. The minimum absolute atomic E-state index is 0.0160. The number of aromatic hydroxyl groups is 1. The molecule has 0 bridgehead atoms. The van der Waals surface area contributed by atoms with Crippen LogP contribution < -0.4 is 5.32 Å². The SMILES string of the molecule is CC(C)C(C)(C)CNC(=O)c1cc2ccccc2cc1O. The molecule has 0 aliphatic rings. The maximum absolute atomic E-state index is 12.3. The van der Waals surface area contributed by atoms with Crippen LogP contribution in [0.1, 0.15) is 38.1 Å². The molecule has 0 heterocycles. The van der Waals surface area contributed by atoms with Gasteiger partial charge in [0, 0.05) is 6.54 Å². The molecule has 1 amide bonds. The second-order valence-corrected chi connectivity index (χ2v) is 6.54. The number of fused-ring (bicyclic) bond motifs is 1. The van der Waals surface area contributed by atoms with Crippen LogP contribution in [-0.2, 0) is 0 Å². The highest BCUT2D eigenvalue weighted by molar-refractivity contribution is 6.01. The van der Waals surface area contributed by atoms with Gasteiger partial charge in [0.15, 0.2) is 0 Å². The lowest BCUT2D eigenvalue weighted by atomic mass is 9.81. The van der Waals surface area contributed by atoms with Gasteiger partial charge in [0.2, 0.25) is 0 Å². The summed E-state index contributed by atoms with van der Waals surface area (Å²) in [6, 6.07) is 11.1. The molecule has 3 heteroatoms. The average Bonchev–Trinajstić information content (AvgIpc) is 2.44. The maximum Gasteiger partial charge on any atom is 0.255 e. The van der Waals surface area contributed by atoms with Crippen molar-refractivity contribution in [3.63, 3.8) is 0 Å². The van der Waals surface area contributed by atoms with Crippen molar-refractivity contribution in [2.45, 2.75) is 27.7 Å². The van der Waals surface area contributed by atoms with E-state index in [-0.39, 0.29) is 17.1 Å². The Morgan fingerprint density at radius 3 is 2.33 bits per heavy atom. The molecule has 0 atom stereocenters. The first kappa shape index (κ1) is 15.4. The van der Waals surface area contributed by atoms with Gasteiger partial charge in [-0.15, -0.1) is 0 Å². The molecule has 0 spiro atoms. The molecule has 112 valence electrons. The summed E-state index contributed by atoms with van der Waals surface area (Å²) in [6.07, 6.45) is 0. The number of carbonyl (C=O) groups excluding carboxylic acids is 1. The fourth-order valence-electron chi connectivity index (χ4n) is 2.02. The predicted molar refractivity (Wildman–Crippen MR) is 86.6 cm³/mol. The Bertz CT molecular complexity index is 659. The third-order valence-electron chi connectivity index (χ3n) is 4.38. The maximum atomic E-state index is 12.3. The van der Waals surface area contributed by atoms with Gasteiger partial charge in [0.25, 0.3) is 5.91 Å². The second-order valence-electron chi connectivity index (χ2n) is 6.54. The number of hydrogen-bond acceptors (Lipinski definition) is 2. The molecule has 2 aromatic rings. The smallest absolute Gasteiger partial charge is 0.255 e. The average molecular weight is 285 g/mol. The Balaban J connectivity index is 2.21. The van der Waals surface area contributed by atoms with Crippen molar-refractivity contribution in [3.8, 4) is 5.75 Å². The van der Waals surface area contributed by atoms with Gasteiger partial charge >= 0.3 is 0 Å². The fourth-order valence-corrected chi connectivity index (χ4v) is 2.02. The monoisotopic (exact) mass is 285 g/mol. The van der Waals surface area contributed by atoms with Gasteiger partial charge in [-0.05, 0) is 34.2 Å². The van der Waals surface area contributed by atoms with Crippen molar-refractivity contribution in [2.75, 3.05) is 6.54 Å². The minimum atomic E-state index is -0.230. The Morgan fingerprint density at radius 1 is 1.19 bits per heavy atom. The zero-order valence-electron chi connectivity index (χ0n) is 13.1. The van der Waals surface area contributed by atoms with E-state index in [4.69, 9.17) is 0 Å². The molecule has 3 nitrogen and oxygen atoms in total. The summed E-state index contributed by atoms with van der Waals surface area (Å²) in [7, 11) is 0. The number of nitrogens with one attached hydrogen (secondary N) is 1. The van der Waals surface area contributed by atoms with Crippen LogP contribution in [0.25, 0.3) is 10.8 Å². The topological polar surface area (TPSA) is 49.3 Å². The minimum Gasteiger partial charge on any atom is -0.507 e. The number of rotatable bonds is 4. The molecule has 0 radical (unpaired) electrons. The van der Waals surface area contributed by atoms with E-state index in [0.717, 1.165) is 10.8 Å².